The number of hydrogen-bond donors (Lipinski definition) is 2. The molecule has 0 aliphatic heterocycles. The summed E-state index contributed by atoms with van der Waals surface area (Å²) in [5.74, 6) is 1.77. The molecule has 0 heterocycles. The number of nitrogens with zero attached hydrogens (tertiary/aromatic N) is 1. The maximum atomic E-state index is 5.85. The Balaban J connectivity index is 2.42. The fourth-order valence-electron chi connectivity index (χ4n) is 1.88. The van der Waals surface area contributed by atoms with Crippen LogP contribution in [0, 0.1) is 13.8 Å². The van der Waals surface area contributed by atoms with Gasteiger partial charge in [-0.05, 0) is 45.7 Å². The summed E-state index contributed by atoms with van der Waals surface area (Å²) in [7, 11) is 1.77. The Morgan fingerprint density at radius 1 is 1.20 bits per heavy atom. The molecule has 1 aromatic rings. The number of benzene rings is 1. The van der Waals surface area contributed by atoms with Crippen LogP contribution in [-0.2, 0) is 0 Å². The van der Waals surface area contributed by atoms with E-state index >= 15 is 0 Å². The monoisotopic (exact) mass is 277 g/mol. The summed E-state index contributed by atoms with van der Waals surface area (Å²) in [6.45, 7) is 11.8. The molecule has 0 saturated carbocycles. The van der Waals surface area contributed by atoms with Crippen molar-refractivity contribution in [1.29, 1.82) is 0 Å². The summed E-state index contributed by atoms with van der Waals surface area (Å²) in [6.07, 6.45) is 0. The van der Waals surface area contributed by atoms with E-state index in [2.05, 4.69) is 62.4 Å². The van der Waals surface area contributed by atoms with Gasteiger partial charge in [0.2, 0.25) is 0 Å². The number of para-hydroxylation sites is 1. The van der Waals surface area contributed by atoms with Gasteiger partial charge in [-0.25, -0.2) is 0 Å². The van der Waals surface area contributed by atoms with Crippen LogP contribution in [0.15, 0.2) is 23.2 Å². The minimum Gasteiger partial charge on any atom is -0.491 e. The van der Waals surface area contributed by atoms with Crippen molar-refractivity contribution in [2.45, 2.75) is 40.2 Å². The van der Waals surface area contributed by atoms with Crippen LogP contribution in [0.2, 0.25) is 0 Å². The average molecular weight is 277 g/mol. The van der Waals surface area contributed by atoms with E-state index in [1.54, 1.807) is 7.05 Å². The van der Waals surface area contributed by atoms with Crippen molar-refractivity contribution in [3.8, 4) is 5.75 Å². The van der Waals surface area contributed by atoms with E-state index in [1.807, 2.05) is 6.07 Å². The van der Waals surface area contributed by atoms with Crippen LogP contribution in [0.25, 0.3) is 0 Å². The molecule has 0 aliphatic carbocycles. The molecule has 1 aromatic carbocycles. The number of rotatable bonds is 4. The fourth-order valence-corrected chi connectivity index (χ4v) is 1.88. The zero-order valence-electron chi connectivity index (χ0n) is 13.5. The molecule has 1 rings (SSSR count). The number of aryl methyl sites for hydroxylation is 2. The van der Waals surface area contributed by atoms with Gasteiger partial charge in [0.15, 0.2) is 5.96 Å². The molecule has 4 nitrogen and oxygen atoms in total. The van der Waals surface area contributed by atoms with Crippen molar-refractivity contribution in [2.75, 3.05) is 20.2 Å². The van der Waals surface area contributed by atoms with E-state index in [-0.39, 0.29) is 5.54 Å². The number of guanidine groups is 1. The summed E-state index contributed by atoms with van der Waals surface area (Å²) in [6, 6.07) is 6.18. The molecule has 112 valence electrons. The summed E-state index contributed by atoms with van der Waals surface area (Å²) in [4.78, 5) is 4.19. The smallest absolute Gasteiger partial charge is 0.191 e. The Labute approximate surface area is 122 Å². The lowest BCUT2D eigenvalue weighted by molar-refractivity contribution is 0.317. The van der Waals surface area contributed by atoms with Gasteiger partial charge in [-0.2, -0.15) is 0 Å². The quantitative estimate of drug-likeness (QED) is 0.505. The van der Waals surface area contributed by atoms with Crippen LogP contribution in [0.4, 0.5) is 0 Å². The van der Waals surface area contributed by atoms with Crippen LogP contribution in [0.1, 0.15) is 31.9 Å². The lowest BCUT2D eigenvalue weighted by atomic mass is 10.1. The standard InChI is InChI=1S/C16H27N3O/c1-12-8-7-9-13(2)14(12)20-11-10-18-15(17-6)19-16(3,4)5/h7-9H,10-11H2,1-6H3,(H2,17,18,19). The predicted octanol–water partition coefficient (Wildman–Crippen LogP) is 2.65. The zero-order chi connectivity index (χ0) is 15.2. The molecular formula is C16H27N3O. The normalized spacial score (nSPS) is 12.2. The van der Waals surface area contributed by atoms with E-state index in [0.717, 1.165) is 11.7 Å². The molecule has 2 N–H and O–H groups in total. The van der Waals surface area contributed by atoms with Crippen molar-refractivity contribution in [2.24, 2.45) is 4.99 Å². The molecule has 0 radical (unpaired) electrons. The first-order valence-electron chi connectivity index (χ1n) is 7.01. The SMILES string of the molecule is CN=C(NCCOc1c(C)cccc1C)NC(C)(C)C. The lowest BCUT2D eigenvalue weighted by Gasteiger charge is -2.23. The van der Waals surface area contributed by atoms with E-state index in [9.17, 15) is 0 Å². The molecule has 0 aliphatic rings. The maximum absolute atomic E-state index is 5.85. The van der Waals surface area contributed by atoms with E-state index in [0.29, 0.717) is 13.2 Å². The first-order valence-corrected chi connectivity index (χ1v) is 7.01. The summed E-state index contributed by atoms with van der Waals surface area (Å²) < 4.78 is 5.85. The minimum absolute atomic E-state index is 0.00466. The average Bonchev–Trinajstić information content (AvgIpc) is 2.34. The van der Waals surface area contributed by atoms with Gasteiger partial charge in [0.25, 0.3) is 0 Å². The molecule has 0 fully saturated rings. The Morgan fingerprint density at radius 3 is 2.30 bits per heavy atom. The van der Waals surface area contributed by atoms with Crippen LogP contribution >= 0.6 is 0 Å². The highest BCUT2D eigenvalue weighted by molar-refractivity contribution is 5.80. The number of aliphatic imine (C=N–C) groups is 1. The molecular weight excluding hydrogens is 250 g/mol. The van der Waals surface area contributed by atoms with Gasteiger partial charge in [-0.3, -0.25) is 4.99 Å². The second-order valence-electron chi connectivity index (χ2n) is 5.94. The van der Waals surface area contributed by atoms with Crippen molar-refractivity contribution in [3.05, 3.63) is 29.3 Å². The first-order chi connectivity index (χ1) is 9.33. The Bertz CT molecular complexity index is 441. The van der Waals surface area contributed by atoms with Crippen LogP contribution in [0.3, 0.4) is 0 Å². The van der Waals surface area contributed by atoms with Crippen LogP contribution in [0.5, 0.6) is 5.75 Å². The summed E-state index contributed by atoms with van der Waals surface area (Å²) in [5, 5.41) is 6.56. The molecule has 0 spiro atoms. The van der Waals surface area contributed by atoms with Gasteiger partial charge in [-0.1, -0.05) is 18.2 Å². The molecule has 0 bridgehead atoms. The third-order valence-corrected chi connectivity index (χ3v) is 2.77. The highest BCUT2D eigenvalue weighted by Crippen LogP contribution is 2.21. The number of hydrogen-bond acceptors (Lipinski definition) is 2. The van der Waals surface area contributed by atoms with Crippen molar-refractivity contribution < 1.29 is 4.74 Å². The van der Waals surface area contributed by atoms with Crippen molar-refractivity contribution in [3.63, 3.8) is 0 Å². The predicted molar refractivity (Wildman–Crippen MR) is 85.7 cm³/mol. The van der Waals surface area contributed by atoms with Crippen LogP contribution in [-0.4, -0.2) is 31.7 Å². The Hall–Kier alpha value is -1.71. The van der Waals surface area contributed by atoms with Crippen molar-refractivity contribution in [1.82, 2.24) is 10.6 Å². The van der Waals surface area contributed by atoms with Gasteiger partial charge in [0, 0.05) is 12.6 Å². The maximum Gasteiger partial charge on any atom is 0.191 e. The molecule has 20 heavy (non-hydrogen) atoms. The van der Waals surface area contributed by atoms with Gasteiger partial charge in [0.05, 0.1) is 6.54 Å². The topological polar surface area (TPSA) is 45.7 Å². The van der Waals surface area contributed by atoms with Gasteiger partial charge in [-0.15, -0.1) is 0 Å². The molecule has 0 amide bonds. The third kappa shape index (κ3) is 5.51. The second kappa shape index (κ2) is 7.17. The summed E-state index contributed by atoms with van der Waals surface area (Å²) >= 11 is 0. The van der Waals surface area contributed by atoms with Gasteiger partial charge < -0.3 is 15.4 Å². The number of nitrogens with one attached hydrogen (secondary N) is 2. The summed E-state index contributed by atoms with van der Waals surface area (Å²) in [5.41, 5.74) is 2.33. The highest BCUT2D eigenvalue weighted by Gasteiger charge is 2.11. The Morgan fingerprint density at radius 2 is 1.80 bits per heavy atom. The van der Waals surface area contributed by atoms with E-state index in [1.165, 1.54) is 11.1 Å². The first kappa shape index (κ1) is 16.3. The molecule has 0 saturated heterocycles. The van der Waals surface area contributed by atoms with Crippen LogP contribution < -0.4 is 15.4 Å². The molecule has 0 atom stereocenters. The minimum atomic E-state index is -0.00466. The third-order valence-electron chi connectivity index (χ3n) is 2.77. The second-order valence-corrected chi connectivity index (χ2v) is 5.94. The van der Waals surface area contributed by atoms with Gasteiger partial charge in [0.1, 0.15) is 12.4 Å². The molecule has 4 heteroatoms. The fraction of sp³-hybridized carbons (Fsp3) is 0.562. The van der Waals surface area contributed by atoms with E-state index < -0.39 is 0 Å². The Kier molecular flexibility index (Phi) is 5.86. The lowest BCUT2D eigenvalue weighted by Crippen LogP contribution is -2.48. The van der Waals surface area contributed by atoms with E-state index in [4.69, 9.17) is 4.74 Å². The van der Waals surface area contributed by atoms with Crippen molar-refractivity contribution >= 4 is 5.96 Å². The largest absolute Gasteiger partial charge is 0.491 e. The number of ether oxygens (including phenoxy) is 1. The highest BCUT2D eigenvalue weighted by atomic mass is 16.5. The molecule has 0 unspecified atom stereocenters. The van der Waals surface area contributed by atoms with Gasteiger partial charge >= 0.3 is 0 Å². The zero-order valence-corrected chi connectivity index (χ0v) is 13.5. The molecule has 0 aromatic heterocycles.